The van der Waals surface area contributed by atoms with Crippen LogP contribution in [-0.4, -0.2) is 29.4 Å². The maximum Gasteiger partial charge on any atom is 0.321 e. The molecule has 0 fully saturated rings. The third-order valence-corrected chi connectivity index (χ3v) is 3.28. The second kappa shape index (κ2) is 6.78. The molecule has 1 aromatic carbocycles. The standard InChI is InChI=1S/C11H14ClNO2S/c1-2-13-10(11(14)15)7-16-9-5-3-4-8(12)6-9/h3-6,10,13H,2,7H2,1H3,(H,14,15). The lowest BCUT2D eigenvalue weighted by Crippen LogP contribution is -2.38. The zero-order valence-corrected chi connectivity index (χ0v) is 10.5. The summed E-state index contributed by atoms with van der Waals surface area (Å²) in [5.41, 5.74) is 0. The van der Waals surface area contributed by atoms with Gasteiger partial charge in [-0.25, -0.2) is 0 Å². The van der Waals surface area contributed by atoms with Gasteiger partial charge in [-0.1, -0.05) is 24.6 Å². The van der Waals surface area contributed by atoms with Gasteiger partial charge in [0.25, 0.3) is 0 Å². The van der Waals surface area contributed by atoms with Gasteiger partial charge in [-0.2, -0.15) is 0 Å². The number of thioether (sulfide) groups is 1. The van der Waals surface area contributed by atoms with Gasteiger partial charge in [0.15, 0.2) is 0 Å². The number of carboxylic acid groups (broad SMARTS) is 1. The molecule has 0 aliphatic heterocycles. The monoisotopic (exact) mass is 259 g/mol. The lowest BCUT2D eigenvalue weighted by molar-refractivity contribution is -0.138. The van der Waals surface area contributed by atoms with Crippen molar-refractivity contribution < 1.29 is 9.90 Å². The summed E-state index contributed by atoms with van der Waals surface area (Å²) in [6.07, 6.45) is 0. The van der Waals surface area contributed by atoms with Gasteiger partial charge in [-0.15, -0.1) is 11.8 Å². The molecule has 0 saturated carbocycles. The molecule has 0 aliphatic carbocycles. The lowest BCUT2D eigenvalue weighted by atomic mass is 10.3. The van der Waals surface area contributed by atoms with Gasteiger partial charge in [-0.3, -0.25) is 4.79 Å². The molecule has 1 rings (SSSR count). The Balaban J connectivity index is 2.51. The van der Waals surface area contributed by atoms with E-state index in [1.165, 1.54) is 11.8 Å². The first-order chi connectivity index (χ1) is 7.63. The zero-order valence-electron chi connectivity index (χ0n) is 8.94. The summed E-state index contributed by atoms with van der Waals surface area (Å²) in [6.45, 7) is 2.53. The molecule has 0 radical (unpaired) electrons. The molecular weight excluding hydrogens is 246 g/mol. The third-order valence-electron chi connectivity index (χ3n) is 1.96. The van der Waals surface area contributed by atoms with Crippen LogP contribution in [0.15, 0.2) is 29.2 Å². The zero-order chi connectivity index (χ0) is 12.0. The Labute approximate surface area is 104 Å². The van der Waals surface area contributed by atoms with E-state index in [4.69, 9.17) is 16.7 Å². The third kappa shape index (κ3) is 4.43. The van der Waals surface area contributed by atoms with Crippen molar-refractivity contribution in [3.63, 3.8) is 0 Å². The molecular formula is C11H14ClNO2S. The van der Waals surface area contributed by atoms with Gasteiger partial charge in [0.05, 0.1) is 0 Å². The molecule has 88 valence electrons. The van der Waals surface area contributed by atoms with Crippen LogP contribution in [0.25, 0.3) is 0 Å². The van der Waals surface area contributed by atoms with Crippen LogP contribution in [0.5, 0.6) is 0 Å². The van der Waals surface area contributed by atoms with E-state index in [-0.39, 0.29) is 0 Å². The van der Waals surface area contributed by atoms with Crippen LogP contribution >= 0.6 is 23.4 Å². The Bertz CT molecular complexity index is 360. The van der Waals surface area contributed by atoms with Crippen LogP contribution in [0.2, 0.25) is 5.02 Å². The van der Waals surface area contributed by atoms with Crippen molar-refractivity contribution in [3.8, 4) is 0 Å². The maximum atomic E-state index is 10.9. The number of carbonyl (C=O) groups is 1. The second-order valence-corrected chi connectivity index (χ2v) is 4.75. The molecule has 0 bridgehead atoms. The average Bonchev–Trinajstić information content (AvgIpc) is 2.24. The fraction of sp³-hybridized carbons (Fsp3) is 0.364. The molecule has 0 saturated heterocycles. The maximum absolute atomic E-state index is 10.9. The van der Waals surface area contributed by atoms with Crippen molar-refractivity contribution in [2.24, 2.45) is 0 Å². The normalized spacial score (nSPS) is 12.4. The van der Waals surface area contributed by atoms with E-state index in [9.17, 15) is 4.79 Å². The van der Waals surface area contributed by atoms with Crippen LogP contribution in [0.4, 0.5) is 0 Å². The van der Waals surface area contributed by atoms with Gasteiger partial charge in [-0.05, 0) is 24.7 Å². The van der Waals surface area contributed by atoms with Crippen molar-refractivity contribution in [1.29, 1.82) is 0 Å². The summed E-state index contributed by atoms with van der Waals surface area (Å²) >= 11 is 7.32. The van der Waals surface area contributed by atoms with Crippen molar-refractivity contribution in [3.05, 3.63) is 29.3 Å². The second-order valence-electron chi connectivity index (χ2n) is 3.22. The Morgan fingerprint density at radius 3 is 2.94 bits per heavy atom. The number of aliphatic carboxylic acids is 1. The lowest BCUT2D eigenvalue weighted by Gasteiger charge is -2.12. The summed E-state index contributed by atoms with van der Waals surface area (Å²) in [7, 11) is 0. The van der Waals surface area contributed by atoms with Gasteiger partial charge in [0.2, 0.25) is 0 Å². The van der Waals surface area contributed by atoms with Gasteiger partial charge < -0.3 is 10.4 Å². The van der Waals surface area contributed by atoms with Crippen LogP contribution in [-0.2, 0) is 4.79 Å². The largest absolute Gasteiger partial charge is 0.480 e. The van der Waals surface area contributed by atoms with Crippen molar-refractivity contribution >= 4 is 29.3 Å². The predicted octanol–water partition coefficient (Wildman–Crippen LogP) is 2.49. The van der Waals surface area contributed by atoms with Crippen LogP contribution in [0.1, 0.15) is 6.92 Å². The fourth-order valence-corrected chi connectivity index (χ4v) is 2.46. The molecule has 1 aromatic rings. The van der Waals surface area contributed by atoms with E-state index in [2.05, 4.69) is 5.32 Å². The molecule has 16 heavy (non-hydrogen) atoms. The first-order valence-electron chi connectivity index (χ1n) is 4.98. The van der Waals surface area contributed by atoms with Gasteiger partial charge in [0, 0.05) is 15.7 Å². The minimum absolute atomic E-state index is 0.490. The molecule has 1 unspecified atom stereocenters. The highest BCUT2D eigenvalue weighted by atomic mass is 35.5. The first kappa shape index (κ1) is 13.4. The van der Waals surface area contributed by atoms with Crippen molar-refractivity contribution in [1.82, 2.24) is 5.32 Å². The van der Waals surface area contributed by atoms with E-state index in [1.807, 2.05) is 25.1 Å². The molecule has 0 heterocycles. The van der Waals surface area contributed by atoms with E-state index in [0.717, 1.165) is 4.90 Å². The highest BCUT2D eigenvalue weighted by molar-refractivity contribution is 7.99. The van der Waals surface area contributed by atoms with Crippen LogP contribution in [0.3, 0.4) is 0 Å². The number of halogens is 1. The molecule has 3 nitrogen and oxygen atoms in total. The quantitative estimate of drug-likeness (QED) is 0.771. The number of benzene rings is 1. The molecule has 5 heteroatoms. The predicted molar refractivity (Wildman–Crippen MR) is 67.3 cm³/mol. The average molecular weight is 260 g/mol. The van der Waals surface area contributed by atoms with Crippen LogP contribution < -0.4 is 5.32 Å². The fourth-order valence-electron chi connectivity index (χ4n) is 1.20. The number of nitrogens with one attached hydrogen (secondary N) is 1. The summed E-state index contributed by atoms with van der Waals surface area (Å²) in [5, 5.41) is 12.5. The summed E-state index contributed by atoms with van der Waals surface area (Å²) in [5.74, 6) is -0.333. The van der Waals surface area contributed by atoms with Gasteiger partial charge in [0.1, 0.15) is 6.04 Å². The van der Waals surface area contributed by atoms with Crippen molar-refractivity contribution in [2.75, 3.05) is 12.3 Å². The molecule has 0 aromatic heterocycles. The summed E-state index contributed by atoms with van der Waals surface area (Å²) < 4.78 is 0. The summed E-state index contributed by atoms with van der Waals surface area (Å²) in [4.78, 5) is 11.9. The number of likely N-dealkylation sites (N-methyl/N-ethyl adjacent to an activating group) is 1. The van der Waals surface area contributed by atoms with Crippen LogP contribution in [0, 0.1) is 0 Å². The van der Waals surface area contributed by atoms with E-state index < -0.39 is 12.0 Å². The molecule has 0 aliphatic rings. The smallest absolute Gasteiger partial charge is 0.321 e. The highest BCUT2D eigenvalue weighted by Crippen LogP contribution is 2.22. The number of carboxylic acids is 1. The summed E-state index contributed by atoms with van der Waals surface area (Å²) in [6, 6.07) is 6.88. The van der Waals surface area contributed by atoms with E-state index in [1.54, 1.807) is 6.07 Å². The van der Waals surface area contributed by atoms with Gasteiger partial charge >= 0.3 is 5.97 Å². The Kier molecular flexibility index (Phi) is 5.66. The van der Waals surface area contributed by atoms with Crippen molar-refractivity contribution in [2.45, 2.75) is 17.9 Å². The minimum atomic E-state index is -0.823. The Hall–Kier alpha value is -0.710. The number of hydrogen-bond acceptors (Lipinski definition) is 3. The molecule has 0 spiro atoms. The number of rotatable bonds is 6. The molecule has 1 atom stereocenters. The number of hydrogen-bond donors (Lipinski definition) is 2. The van der Waals surface area contributed by atoms with E-state index >= 15 is 0 Å². The first-order valence-corrected chi connectivity index (χ1v) is 6.34. The Morgan fingerprint density at radius 2 is 2.38 bits per heavy atom. The Morgan fingerprint density at radius 1 is 1.62 bits per heavy atom. The van der Waals surface area contributed by atoms with E-state index in [0.29, 0.717) is 17.3 Å². The highest BCUT2D eigenvalue weighted by Gasteiger charge is 2.15. The minimum Gasteiger partial charge on any atom is -0.480 e. The molecule has 0 amide bonds. The molecule has 2 N–H and O–H groups in total. The SMILES string of the molecule is CCNC(CSc1cccc(Cl)c1)C(=O)O. The topological polar surface area (TPSA) is 49.3 Å².